The maximum Gasteiger partial charge on any atom is 0.280 e. The topological polar surface area (TPSA) is 113 Å². The van der Waals surface area contributed by atoms with E-state index in [-0.39, 0.29) is 23.2 Å². The summed E-state index contributed by atoms with van der Waals surface area (Å²) in [4.78, 5) is 31.7. The zero-order chi connectivity index (χ0) is 12.3. The summed E-state index contributed by atoms with van der Waals surface area (Å²) >= 11 is 0. The van der Waals surface area contributed by atoms with Gasteiger partial charge in [0.05, 0.1) is 17.6 Å². The van der Waals surface area contributed by atoms with E-state index < -0.39 is 16.5 Å². The van der Waals surface area contributed by atoms with Crippen LogP contribution in [0.4, 0.5) is 5.69 Å². The van der Waals surface area contributed by atoms with Gasteiger partial charge in [0, 0.05) is 6.07 Å². The highest BCUT2D eigenvalue weighted by Gasteiger charge is 2.24. The lowest BCUT2D eigenvalue weighted by Crippen LogP contribution is -2.16. The smallest absolute Gasteiger partial charge is 0.280 e. The van der Waals surface area contributed by atoms with E-state index in [0.29, 0.717) is 0 Å². The summed E-state index contributed by atoms with van der Waals surface area (Å²) in [5.74, 6) is -0.928. The molecule has 0 atom stereocenters. The van der Waals surface area contributed by atoms with E-state index in [0.717, 1.165) is 6.07 Å². The second kappa shape index (κ2) is 4.39. The lowest BCUT2D eigenvalue weighted by Gasteiger charge is -2.07. The Bertz CT molecular complexity index is 469. The molecular formula is C9H8N2O5. The highest BCUT2D eigenvalue weighted by Crippen LogP contribution is 2.28. The number of nitrogens with zero attached hydrogens (tertiary/aromatic N) is 1. The van der Waals surface area contributed by atoms with Crippen LogP contribution in [0.25, 0.3) is 0 Å². The summed E-state index contributed by atoms with van der Waals surface area (Å²) in [7, 11) is 1.27. The van der Waals surface area contributed by atoms with E-state index >= 15 is 0 Å². The first-order chi connectivity index (χ1) is 7.52. The molecule has 0 saturated heterocycles. The van der Waals surface area contributed by atoms with Crippen LogP contribution in [0.15, 0.2) is 12.1 Å². The number of ether oxygens (including phenoxy) is 1. The van der Waals surface area contributed by atoms with Gasteiger partial charge < -0.3 is 10.5 Å². The summed E-state index contributed by atoms with van der Waals surface area (Å²) < 4.78 is 4.80. The van der Waals surface area contributed by atoms with Gasteiger partial charge in [-0.1, -0.05) is 0 Å². The fraction of sp³-hybridized carbons (Fsp3) is 0.111. The van der Waals surface area contributed by atoms with Gasteiger partial charge in [-0.15, -0.1) is 0 Å². The van der Waals surface area contributed by atoms with Crippen LogP contribution in [0, 0.1) is 10.1 Å². The van der Waals surface area contributed by atoms with Crippen molar-refractivity contribution in [2.45, 2.75) is 0 Å². The molecule has 1 rings (SSSR count). The number of carbonyl (C=O) groups excluding carboxylic acids is 2. The monoisotopic (exact) mass is 224 g/mol. The Labute approximate surface area is 90.0 Å². The Morgan fingerprint density at radius 1 is 1.56 bits per heavy atom. The molecule has 0 fully saturated rings. The van der Waals surface area contributed by atoms with Gasteiger partial charge in [0.25, 0.3) is 11.6 Å². The van der Waals surface area contributed by atoms with E-state index in [1.165, 1.54) is 13.2 Å². The van der Waals surface area contributed by atoms with Crippen molar-refractivity contribution in [2.75, 3.05) is 7.11 Å². The zero-order valence-corrected chi connectivity index (χ0v) is 8.30. The van der Waals surface area contributed by atoms with Crippen molar-refractivity contribution in [3.8, 4) is 5.75 Å². The number of aldehydes is 1. The molecule has 1 aromatic carbocycles. The second-order valence-electron chi connectivity index (χ2n) is 2.81. The average molecular weight is 224 g/mol. The Balaban J connectivity index is 3.62. The van der Waals surface area contributed by atoms with Gasteiger partial charge in [0.2, 0.25) is 0 Å². The summed E-state index contributed by atoms with van der Waals surface area (Å²) in [6, 6.07) is 2.29. The van der Waals surface area contributed by atoms with E-state index in [9.17, 15) is 19.7 Å². The molecule has 16 heavy (non-hydrogen) atoms. The third-order valence-electron chi connectivity index (χ3n) is 1.97. The third-order valence-corrected chi connectivity index (χ3v) is 1.97. The lowest BCUT2D eigenvalue weighted by atomic mass is 10.0. The van der Waals surface area contributed by atoms with Crippen molar-refractivity contribution in [1.29, 1.82) is 0 Å². The summed E-state index contributed by atoms with van der Waals surface area (Å²) in [6.45, 7) is 0. The number of carbonyl (C=O) groups is 2. The Kier molecular flexibility index (Phi) is 3.19. The number of benzene rings is 1. The van der Waals surface area contributed by atoms with Crippen molar-refractivity contribution in [3.05, 3.63) is 33.4 Å². The SMILES string of the molecule is COc1ccc([N+](=O)[O-])c(C=O)c1C(N)=O. The lowest BCUT2D eigenvalue weighted by molar-refractivity contribution is -0.385. The third kappa shape index (κ3) is 1.83. The fourth-order valence-electron chi connectivity index (χ4n) is 1.29. The first-order valence-corrected chi connectivity index (χ1v) is 4.13. The highest BCUT2D eigenvalue weighted by molar-refractivity contribution is 6.05. The quantitative estimate of drug-likeness (QED) is 0.455. The van der Waals surface area contributed by atoms with Crippen LogP contribution in [0.2, 0.25) is 0 Å². The number of nitro benzene ring substituents is 1. The molecule has 0 heterocycles. The minimum Gasteiger partial charge on any atom is -0.496 e. The number of primary amides is 1. The molecule has 0 bridgehead atoms. The molecule has 84 valence electrons. The summed E-state index contributed by atoms with van der Waals surface area (Å²) in [6.07, 6.45) is 0.209. The first-order valence-electron chi connectivity index (χ1n) is 4.13. The maximum absolute atomic E-state index is 11.1. The Morgan fingerprint density at radius 3 is 2.56 bits per heavy atom. The van der Waals surface area contributed by atoms with Gasteiger partial charge in [0.15, 0.2) is 6.29 Å². The van der Waals surface area contributed by atoms with E-state index in [1.54, 1.807) is 0 Å². The molecule has 0 aliphatic carbocycles. The van der Waals surface area contributed by atoms with Crippen LogP contribution in [0.1, 0.15) is 20.7 Å². The number of hydrogen-bond acceptors (Lipinski definition) is 5. The molecule has 1 amide bonds. The molecule has 1 aromatic rings. The number of nitro groups is 1. The van der Waals surface area contributed by atoms with Gasteiger partial charge in [-0.25, -0.2) is 0 Å². The van der Waals surface area contributed by atoms with E-state index in [4.69, 9.17) is 10.5 Å². The van der Waals surface area contributed by atoms with E-state index in [1.807, 2.05) is 0 Å². The fourth-order valence-corrected chi connectivity index (χ4v) is 1.29. The van der Waals surface area contributed by atoms with Crippen LogP contribution in [-0.4, -0.2) is 24.2 Å². The molecule has 7 heteroatoms. The van der Waals surface area contributed by atoms with Crippen molar-refractivity contribution in [1.82, 2.24) is 0 Å². The maximum atomic E-state index is 11.1. The molecule has 0 aliphatic rings. The minimum absolute atomic E-state index is 0.0280. The number of rotatable bonds is 4. The van der Waals surface area contributed by atoms with Gasteiger partial charge in [0.1, 0.15) is 11.3 Å². The van der Waals surface area contributed by atoms with Gasteiger partial charge >= 0.3 is 0 Å². The molecule has 7 nitrogen and oxygen atoms in total. The number of hydrogen-bond donors (Lipinski definition) is 1. The first kappa shape index (κ1) is 11.6. The molecule has 0 spiro atoms. The molecular weight excluding hydrogens is 216 g/mol. The predicted octanol–water partition coefficient (Wildman–Crippen LogP) is 0.515. The zero-order valence-electron chi connectivity index (χ0n) is 8.30. The normalized spacial score (nSPS) is 9.56. The van der Waals surface area contributed by atoms with Gasteiger partial charge in [-0.2, -0.15) is 0 Å². The van der Waals surface area contributed by atoms with Crippen LogP contribution >= 0.6 is 0 Å². The largest absolute Gasteiger partial charge is 0.496 e. The molecule has 0 radical (unpaired) electrons. The van der Waals surface area contributed by atoms with Crippen LogP contribution in [0.3, 0.4) is 0 Å². The van der Waals surface area contributed by atoms with Crippen molar-refractivity contribution in [2.24, 2.45) is 5.73 Å². The molecule has 0 saturated carbocycles. The highest BCUT2D eigenvalue weighted by atomic mass is 16.6. The Hall–Kier alpha value is -2.44. The van der Waals surface area contributed by atoms with Crippen LogP contribution in [0.5, 0.6) is 5.75 Å². The standard InChI is InChI=1S/C9H8N2O5/c1-16-7-3-2-6(11(14)15)5(4-12)8(7)9(10)13/h2-4H,1H3,(H2,10,13). The molecule has 0 aliphatic heterocycles. The summed E-state index contributed by atoms with van der Waals surface area (Å²) in [5, 5.41) is 10.6. The Morgan fingerprint density at radius 2 is 2.19 bits per heavy atom. The van der Waals surface area contributed by atoms with Crippen molar-refractivity contribution >= 4 is 17.9 Å². The number of methoxy groups -OCH3 is 1. The minimum atomic E-state index is -0.956. The van der Waals surface area contributed by atoms with Crippen LogP contribution in [-0.2, 0) is 0 Å². The number of nitrogens with two attached hydrogens (primary N) is 1. The number of amides is 1. The van der Waals surface area contributed by atoms with Crippen molar-refractivity contribution < 1.29 is 19.2 Å². The van der Waals surface area contributed by atoms with Gasteiger partial charge in [-0.3, -0.25) is 19.7 Å². The molecule has 0 unspecified atom stereocenters. The van der Waals surface area contributed by atoms with E-state index in [2.05, 4.69) is 0 Å². The van der Waals surface area contributed by atoms with Gasteiger partial charge in [-0.05, 0) is 6.07 Å². The average Bonchev–Trinajstić information content (AvgIpc) is 2.26. The molecule has 2 N–H and O–H groups in total. The van der Waals surface area contributed by atoms with Crippen molar-refractivity contribution in [3.63, 3.8) is 0 Å². The second-order valence-corrected chi connectivity index (χ2v) is 2.81. The predicted molar refractivity (Wildman–Crippen MR) is 53.6 cm³/mol. The molecule has 0 aromatic heterocycles. The van der Waals surface area contributed by atoms with Crippen LogP contribution < -0.4 is 10.5 Å². The summed E-state index contributed by atoms with van der Waals surface area (Å²) in [5.41, 5.74) is 3.89.